The summed E-state index contributed by atoms with van der Waals surface area (Å²) in [5.41, 5.74) is 0. The van der Waals surface area contributed by atoms with E-state index in [0.29, 0.717) is 13.1 Å². The molecule has 0 heterocycles. The van der Waals surface area contributed by atoms with Crippen LogP contribution in [0, 0.1) is 0 Å². The van der Waals surface area contributed by atoms with E-state index in [1.54, 1.807) is 4.90 Å². The third-order valence-electron chi connectivity index (χ3n) is 1.39. The van der Waals surface area contributed by atoms with Gasteiger partial charge in [0.2, 0.25) is 0 Å². The molecule has 2 N–H and O–H groups in total. The minimum Gasteiger partial charge on any atom is -0.446 e. The lowest BCUT2D eigenvalue weighted by atomic mass is 10.5. The Labute approximate surface area is 77.2 Å². The molecule has 0 amide bonds. The molecule has 0 spiro atoms. The van der Waals surface area contributed by atoms with Crippen LogP contribution in [0.4, 0.5) is 0 Å². The van der Waals surface area contributed by atoms with E-state index in [9.17, 15) is 4.79 Å². The van der Waals surface area contributed by atoms with Gasteiger partial charge < -0.3 is 14.9 Å². The van der Waals surface area contributed by atoms with Crippen molar-refractivity contribution in [3.63, 3.8) is 0 Å². The van der Waals surface area contributed by atoms with Crippen molar-refractivity contribution in [2.24, 2.45) is 0 Å². The van der Waals surface area contributed by atoms with Gasteiger partial charge in [0, 0.05) is 19.2 Å². The van der Waals surface area contributed by atoms with Gasteiger partial charge in [-0.3, -0.25) is 4.90 Å². The van der Waals surface area contributed by atoms with Crippen molar-refractivity contribution >= 4 is 5.97 Å². The second-order valence-electron chi connectivity index (χ2n) is 2.36. The van der Waals surface area contributed by atoms with Gasteiger partial charge >= 0.3 is 5.97 Å². The largest absolute Gasteiger partial charge is 0.446 e. The Morgan fingerprint density at radius 2 is 1.92 bits per heavy atom. The van der Waals surface area contributed by atoms with Crippen LogP contribution >= 0.6 is 0 Å². The molecular formula is C8H15NO4. The van der Waals surface area contributed by atoms with Crippen LogP contribution in [0.5, 0.6) is 0 Å². The standard InChI is InChI=1S/C8H15NO4/c1-2-8(12)13-7-9(3-5-10)4-6-11/h2,10-11H,1,3-7H2. The Morgan fingerprint density at radius 1 is 1.38 bits per heavy atom. The van der Waals surface area contributed by atoms with Gasteiger partial charge in [-0.1, -0.05) is 6.58 Å². The van der Waals surface area contributed by atoms with Gasteiger partial charge in [0.05, 0.1) is 13.2 Å². The van der Waals surface area contributed by atoms with Gasteiger partial charge in [0.25, 0.3) is 0 Å². The third-order valence-corrected chi connectivity index (χ3v) is 1.39. The molecule has 76 valence electrons. The van der Waals surface area contributed by atoms with Gasteiger partial charge in [0.15, 0.2) is 0 Å². The molecule has 0 saturated carbocycles. The van der Waals surface area contributed by atoms with Crippen molar-refractivity contribution in [3.05, 3.63) is 12.7 Å². The van der Waals surface area contributed by atoms with Crippen molar-refractivity contribution in [1.82, 2.24) is 4.90 Å². The maximum atomic E-state index is 10.6. The van der Waals surface area contributed by atoms with E-state index >= 15 is 0 Å². The summed E-state index contributed by atoms with van der Waals surface area (Å²) >= 11 is 0. The minimum absolute atomic E-state index is 0.0361. The summed E-state index contributed by atoms with van der Waals surface area (Å²) in [6.45, 7) is 3.96. The Hall–Kier alpha value is -0.910. The highest BCUT2D eigenvalue weighted by atomic mass is 16.5. The van der Waals surface area contributed by atoms with E-state index in [2.05, 4.69) is 6.58 Å². The highest BCUT2D eigenvalue weighted by Gasteiger charge is 2.04. The second-order valence-corrected chi connectivity index (χ2v) is 2.36. The molecule has 0 rings (SSSR count). The van der Waals surface area contributed by atoms with E-state index in [4.69, 9.17) is 14.9 Å². The summed E-state index contributed by atoms with van der Waals surface area (Å²) in [4.78, 5) is 12.2. The summed E-state index contributed by atoms with van der Waals surface area (Å²) in [7, 11) is 0. The molecule has 0 bridgehead atoms. The van der Waals surface area contributed by atoms with Gasteiger partial charge in [0.1, 0.15) is 6.73 Å². The summed E-state index contributed by atoms with van der Waals surface area (Å²) in [6.07, 6.45) is 1.07. The zero-order valence-corrected chi connectivity index (χ0v) is 7.48. The Morgan fingerprint density at radius 3 is 2.31 bits per heavy atom. The molecule has 0 aliphatic carbocycles. The molecule has 13 heavy (non-hydrogen) atoms. The van der Waals surface area contributed by atoms with Gasteiger partial charge in [-0.15, -0.1) is 0 Å². The molecule has 0 aliphatic rings. The summed E-state index contributed by atoms with van der Waals surface area (Å²) in [6, 6.07) is 0. The van der Waals surface area contributed by atoms with Crippen molar-refractivity contribution in [2.45, 2.75) is 0 Å². The number of carbonyl (C=O) groups is 1. The molecule has 0 aromatic rings. The summed E-state index contributed by atoms with van der Waals surface area (Å²) in [5, 5.41) is 17.2. The normalized spacial score (nSPS) is 10.1. The smallest absolute Gasteiger partial charge is 0.331 e. The molecule has 5 heteroatoms. The molecule has 0 radical (unpaired) electrons. The molecule has 0 atom stereocenters. The molecule has 0 aromatic heterocycles. The number of nitrogens with zero attached hydrogens (tertiary/aromatic N) is 1. The molecular weight excluding hydrogens is 174 g/mol. The summed E-state index contributed by atoms with van der Waals surface area (Å²) in [5.74, 6) is -0.513. The average molecular weight is 189 g/mol. The highest BCUT2D eigenvalue weighted by molar-refractivity contribution is 5.81. The summed E-state index contributed by atoms with van der Waals surface area (Å²) < 4.78 is 4.71. The number of rotatable bonds is 7. The lowest BCUT2D eigenvalue weighted by molar-refractivity contribution is -0.142. The fraction of sp³-hybridized carbons (Fsp3) is 0.625. The third kappa shape index (κ3) is 6.27. The van der Waals surface area contributed by atoms with Crippen LogP contribution in [-0.2, 0) is 9.53 Å². The van der Waals surface area contributed by atoms with Crippen molar-refractivity contribution in [1.29, 1.82) is 0 Å². The fourth-order valence-electron chi connectivity index (χ4n) is 0.738. The zero-order chi connectivity index (χ0) is 10.1. The first kappa shape index (κ1) is 12.1. The van der Waals surface area contributed by atoms with E-state index in [0.717, 1.165) is 6.08 Å². The number of aliphatic hydroxyl groups excluding tert-OH is 2. The van der Waals surface area contributed by atoms with Gasteiger partial charge in [-0.05, 0) is 0 Å². The van der Waals surface area contributed by atoms with Crippen LogP contribution in [0.15, 0.2) is 12.7 Å². The molecule has 0 aliphatic heterocycles. The van der Waals surface area contributed by atoms with Crippen molar-refractivity contribution < 1.29 is 19.7 Å². The van der Waals surface area contributed by atoms with E-state index in [-0.39, 0.29) is 19.9 Å². The molecule has 0 fully saturated rings. The monoisotopic (exact) mass is 189 g/mol. The van der Waals surface area contributed by atoms with Crippen LogP contribution in [0.1, 0.15) is 0 Å². The van der Waals surface area contributed by atoms with Crippen LogP contribution < -0.4 is 0 Å². The Kier molecular flexibility index (Phi) is 7.18. The van der Waals surface area contributed by atoms with Crippen LogP contribution in [-0.4, -0.2) is 54.1 Å². The predicted molar refractivity (Wildman–Crippen MR) is 46.9 cm³/mol. The number of hydrogen-bond acceptors (Lipinski definition) is 5. The first-order valence-electron chi connectivity index (χ1n) is 3.97. The lowest BCUT2D eigenvalue weighted by Gasteiger charge is -2.18. The maximum absolute atomic E-state index is 10.6. The van der Waals surface area contributed by atoms with Crippen LogP contribution in [0.25, 0.3) is 0 Å². The topological polar surface area (TPSA) is 70.0 Å². The average Bonchev–Trinajstić information content (AvgIpc) is 2.14. The Balaban J connectivity index is 3.67. The molecule has 0 unspecified atom stereocenters. The molecule has 0 saturated heterocycles. The lowest BCUT2D eigenvalue weighted by Crippen LogP contribution is -2.32. The quantitative estimate of drug-likeness (QED) is 0.304. The van der Waals surface area contributed by atoms with Crippen LogP contribution in [0.2, 0.25) is 0 Å². The van der Waals surface area contributed by atoms with Crippen molar-refractivity contribution in [3.8, 4) is 0 Å². The van der Waals surface area contributed by atoms with E-state index < -0.39 is 5.97 Å². The highest BCUT2D eigenvalue weighted by Crippen LogP contribution is 1.89. The number of esters is 1. The number of carbonyl (C=O) groups excluding carboxylic acids is 1. The van der Waals surface area contributed by atoms with E-state index in [1.807, 2.05) is 0 Å². The van der Waals surface area contributed by atoms with Crippen molar-refractivity contribution in [2.75, 3.05) is 33.0 Å². The fourth-order valence-corrected chi connectivity index (χ4v) is 0.738. The minimum atomic E-state index is -0.513. The molecule has 0 aromatic carbocycles. The maximum Gasteiger partial charge on any atom is 0.331 e. The predicted octanol–water partition coefficient (Wildman–Crippen LogP) is -1.04. The zero-order valence-electron chi connectivity index (χ0n) is 7.48. The first-order valence-corrected chi connectivity index (χ1v) is 3.97. The SMILES string of the molecule is C=CC(=O)OCN(CCO)CCO. The van der Waals surface area contributed by atoms with Crippen LogP contribution in [0.3, 0.4) is 0 Å². The number of aliphatic hydroxyl groups is 2. The van der Waals surface area contributed by atoms with Gasteiger partial charge in [-0.2, -0.15) is 0 Å². The Bertz CT molecular complexity index is 154. The first-order chi connectivity index (χ1) is 6.24. The second kappa shape index (κ2) is 7.72. The number of ether oxygens (including phenoxy) is 1. The van der Waals surface area contributed by atoms with Gasteiger partial charge in [-0.25, -0.2) is 4.79 Å². The number of hydrogen-bond donors (Lipinski definition) is 2. The van der Waals surface area contributed by atoms with E-state index in [1.165, 1.54) is 0 Å². The molecule has 5 nitrogen and oxygen atoms in total.